The van der Waals surface area contributed by atoms with Crippen molar-refractivity contribution in [2.24, 2.45) is 0 Å². The van der Waals surface area contributed by atoms with Gasteiger partial charge in [0.05, 0.1) is 0 Å². The van der Waals surface area contributed by atoms with E-state index in [0.717, 1.165) is 0 Å². The molecule has 2 nitrogen and oxygen atoms in total. The van der Waals surface area contributed by atoms with Crippen molar-refractivity contribution in [3.63, 3.8) is 0 Å². The fourth-order valence-electron chi connectivity index (χ4n) is 5.33. The summed E-state index contributed by atoms with van der Waals surface area (Å²) in [5.41, 5.74) is 0. The van der Waals surface area contributed by atoms with Crippen LogP contribution in [0, 0.1) is 0 Å². The quantitative estimate of drug-likeness (QED) is 0.136. The molecule has 0 aliphatic heterocycles. The molecule has 0 aliphatic rings. The number of hydrogen-bond acceptors (Lipinski definition) is 2. The molecular formula is C47H46O2SiZr. The molecule has 0 atom stereocenters. The molecule has 0 aromatic heterocycles. The van der Waals surface area contributed by atoms with Gasteiger partial charge in [-0.25, -0.2) is 0 Å². The number of benzene rings is 6. The molecule has 51 heavy (non-hydrogen) atoms. The van der Waals surface area contributed by atoms with Crippen molar-refractivity contribution in [3.8, 4) is 0 Å². The average Bonchev–Trinajstić information content (AvgIpc) is 3.93. The standard InChI is InChI=1S/C13H9.C12H11Si.2C9H7.2C2H6O.Zr/c1-3-7-12-10(5-1)9-11-6-2-4-8-13(11)12;1-3-7-11(8-4-1)13-12-9-5-2-6-10-12;2*1-2-5-9-7-3-6-8(9)4-1;2*1-2-3;/h1-9H;1-10,13H;2*1-7H;2*3H,2H2,1H3;/q-1;;2*-1;;;+3. The van der Waals surface area contributed by atoms with Gasteiger partial charge >= 0.3 is 26.2 Å². The van der Waals surface area contributed by atoms with Crippen LogP contribution in [-0.2, 0) is 26.2 Å². The minimum atomic E-state index is 0. The van der Waals surface area contributed by atoms with Gasteiger partial charge in [0.25, 0.3) is 0 Å². The van der Waals surface area contributed by atoms with Gasteiger partial charge in [-0.05, 0) is 13.8 Å². The Morgan fingerprint density at radius 3 is 1.10 bits per heavy atom. The van der Waals surface area contributed by atoms with Crippen molar-refractivity contribution in [2.75, 3.05) is 13.2 Å². The Morgan fingerprint density at radius 2 is 0.725 bits per heavy atom. The minimum absolute atomic E-state index is 0. The van der Waals surface area contributed by atoms with Crippen LogP contribution in [0.2, 0.25) is 0 Å². The molecule has 0 spiro atoms. The average molecular weight is 762 g/mol. The molecule has 9 rings (SSSR count). The van der Waals surface area contributed by atoms with Crippen molar-refractivity contribution >= 4 is 63.0 Å². The summed E-state index contributed by atoms with van der Waals surface area (Å²) in [5, 5.41) is 28.8. The Labute approximate surface area is 324 Å². The smallest absolute Gasteiger partial charge is 0.397 e. The van der Waals surface area contributed by atoms with Crippen LogP contribution in [-0.4, -0.2) is 32.9 Å². The molecule has 2 N–H and O–H groups in total. The van der Waals surface area contributed by atoms with Gasteiger partial charge < -0.3 is 10.2 Å². The second kappa shape index (κ2) is 23.8. The number of hydrogen-bond donors (Lipinski definition) is 2. The van der Waals surface area contributed by atoms with Crippen LogP contribution in [0.3, 0.4) is 0 Å². The van der Waals surface area contributed by atoms with E-state index >= 15 is 0 Å². The third-order valence-electron chi connectivity index (χ3n) is 7.55. The first-order chi connectivity index (χ1) is 24.7. The van der Waals surface area contributed by atoms with Crippen LogP contribution >= 0.6 is 0 Å². The maximum Gasteiger partial charge on any atom is 3.00 e. The maximum absolute atomic E-state index is 7.57. The van der Waals surface area contributed by atoms with E-state index < -0.39 is 0 Å². The molecule has 2 radical (unpaired) electrons. The molecule has 254 valence electrons. The first kappa shape index (κ1) is 40.9. The second-order valence-electron chi connectivity index (χ2n) is 11.2. The van der Waals surface area contributed by atoms with Crippen molar-refractivity contribution < 1.29 is 36.4 Å². The Hall–Kier alpha value is -4.57. The summed E-state index contributed by atoms with van der Waals surface area (Å²) in [4.78, 5) is 0. The zero-order chi connectivity index (χ0) is 35.2. The third kappa shape index (κ3) is 13.6. The first-order valence-corrected chi connectivity index (χ1v) is 18.2. The van der Waals surface area contributed by atoms with Crippen molar-refractivity contribution in [1.82, 2.24) is 0 Å². The number of fused-ring (bicyclic) bond motifs is 5. The summed E-state index contributed by atoms with van der Waals surface area (Å²) in [6.07, 6.45) is 0. The number of rotatable bonds is 2. The fourth-order valence-corrected chi connectivity index (χ4v) is 6.55. The summed E-state index contributed by atoms with van der Waals surface area (Å²) in [7, 11) is 0.271. The Bertz CT molecular complexity index is 1980. The van der Waals surface area contributed by atoms with Gasteiger partial charge in [0.15, 0.2) is 0 Å². The Balaban J connectivity index is 0.000000175. The van der Waals surface area contributed by atoms with E-state index in [1.54, 1.807) is 13.8 Å². The molecule has 0 aliphatic carbocycles. The van der Waals surface area contributed by atoms with Gasteiger partial charge in [-0.15, -0.1) is 99.0 Å². The Kier molecular flexibility index (Phi) is 19.0. The van der Waals surface area contributed by atoms with Crippen LogP contribution in [0.4, 0.5) is 0 Å². The van der Waals surface area contributed by atoms with Gasteiger partial charge in [-0.2, -0.15) is 35.0 Å². The van der Waals surface area contributed by atoms with Crippen LogP contribution in [0.15, 0.2) is 200 Å². The zero-order valence-corrected chi connectivity index (χ0v) is 33.1. The molecule has 0 heterocycles. The van der Waals surface area contributed by atoms with Crippen molar-refractivity contribution in [2.45, 2.75) is 13.8 Å². The summed E-state index contributed by atoms with van der Waals surface area (Å²) >= 11 is 0. The molecule has 0 saturated carbocycles. The van der Waals surface area contributed by atoms with Crippen molar-refractivity contribution in [3.05, 3.63) is 200 Å². The molecule has 0 fully saturated rings. The zero-order valence-electron chi connectivity index (χ0n) is 29.4. The second-order valence-corrected chi connectivity index (χ2v) is 12.8. The molecule has 9 aromatic carbocycles. The number of aliphatic hydroxyl groups excluding tert-OH is 2. The SMILES string of the molecule is CCO.CCO.[Zr+3].c1ccc([SiH]c2ccccc2)cc1.c1ccc2[cH-]ccc2c1.c1ccc2[cH-]ccc2c1.c1ccc2c(c1)[cH-]c1ccccc12. The van der Waals surface area contributed by atoms with Gasteiger partial charge in [-0.3, -0.25) is 0 Å². The van der Waals surface area contributed by atoms with Gasteiger partial charge in [-0.1, -0.05) is 120 Å². The summed E-state index contributed by atoms with van der Waals surface area (Å²) in [5.74, 6) is 0. The Morgan fingerprint density at radius 1 is 0.412 bits per heavy atom. The predicted molar refractivity (Wildman–Crippen MR) is 221 cm³/mol. The van der Waals surface area contributed by atoms with E-state index in [-0.39, 0.29) is 48.9 Å². The molecule has 4 heteroatoms. The third-order valence-corrected chi connectivity index (χ3v) is 8.99. The monoisotopic (exact) mass is 760 g/mol. The first-order valence-electron chi connectivity index (χ1n) is 17.1. The van der Waals surface area contributed by atoms with E-state index in [4.69, 9.17) is 10.2 Å². The largest absolute Gasteiger partial charge is 3.00 e. The maximum atomic E-state index is 7.57. The number of aliphatic hydroxyl groups is 2. The van der Waals surface area contributed by atoms with E-state index in [2.05, 4.69) is 200 Å². The molecule has 0 bridgehead atoms. The molecular weight excluding hydrogens is 716 g/mol. The van der Waals surface area contributed by atoms with Crippen LogP contribution in [0.25, 0.3) is 43.1 Å². The summed E-state index contributed by atoms with van der Waals surface area (Å²) < 4.78 is 0. The van der Waals surface area contributed by atoms with Gasteiger partial charge in [0, 0.05) is 13.2 Å². The molecule has 9 aromatic rings. The fraction of sp³-hybridized carbons (Fsp3) is 0.0851. The van der Waals surface area contributed by atoms with E-state index in [9.17, 15) is 0 Å². The summed E-state index contributed by atoms with van der Waals surface area (Å²) in [6, 6.07) is 69.9. The van der Waals surface area contributed by atoms with Crippen molar-refractivity contribution in [1.29, 1.82) is 0 Å². The van der Waals surface area contributed by atoms with Crippen LogP contribution in [0.1, 0.15) is 13.8 Å². The van der Waals surface area contributed by atoms with Gasteiger partial charge in [0.2, 0.25) is 0 Å². The van der Waals surface area contributed by atoms with E-state index in [1.165, 1.54) is 53.5 Å². The normalized spacial score (nSPS) is 9.65. The molecule has 0 saturated heterocycles. The predicted octanol–water partition coefficient (Wildman–Crippen LogP) is 9.90. The van der Waals surface area contributed by atoms with E-state index in [1.807, 2.05) is 0 Å². The molecule has 0 amide bonds. The van der Waals surface area contributed by atoms with Crippen LogP contribution in [0.5, 0.6) is 0 Å². The van der Waals surface area contributed by atoms with E-state index in [0.29, 0.717) is 0 Å². The van der Waals surface area contributed by atoms with Crippen LogP contribution < -0.4 is 10.4 Å². The molecule has 0 unspecified atom stereocenters. The topological polar surface area (TPSA) is 40.5 Å². The van der Waals surface area contributed by atoms with Gasteiger partial charge in [0.1, 0.15) is 9.52 Å². The minimum Gasteiger partial charge on any atom is -0.397 e. The summed E-state index contributed by atoms with van der Waals surface area (Å²) in [6.45, 7) is 3.86.